The van der Waals surface area contributed by atoms with Gasteiger partial charge >= 0.3 is 0 Å². The number of rotatable bonds is 4. The molecular formula is C19H25N3OS. The molecule has 1 N–H and O–H groups in total. The second-order valence-electron chi connectivity index (χ2n) is 7.12. The lowest BCUT2D eigenvalue weighted by Crippen LogP contribution is -2.39. The number of thiazole rings is 1. The zero-order valence-electron chi connectivity index (χ0n) is 14.0. The highest BCUT2D eigenvalue weighted by Gasteiger charge is 2.25. The number of nitrogens with one attached hydrogen (secondary N) is 1. The molecule has 0 bridgehead atoms. The molecular weight excluding hydrogens is 318 g/mol. The maximum atomic E-state index is 12.1. The lowest BCUT2D eigenvalue weighted by Gasteiger charge is -2.32. The number of anilines is 1. The van der Waals surface area contributed by atoms with Gasteiger partial charge in [0.2, 0.25) is 5.91 Å². The van der Waals surface area contributed by atoms with Crippen LogP contribution in [-0.2, 0) is 4.79 Å². The van der Waals surface area contributed by atoms with Crippen LogP contribution in [0.4, 0.5) is 5.13 Å². The second-order valence-corrected chi connectivity index (χ2v) is 8.13. The number of piperidine rings is 1. The fourth-order valence-corrected chi connectivity index (χ4v) is 4.92. The first-order chi connectivity index (χ1) is 11.8. The largest absolute Gasteiger partial charge is 0.356 e. The quantitative estimate of drug-likeness (QED) is 0.918. The molecule has 1 saturated heterocycles. The van der Waals surface area contributed by atoms with Crippen LogP contribution in [0.25, 0.3) is 10.2 Å². The third kappa shape index (κ3) is 3.41. The van der Waals surface area contributed by atoms with Crippen molar-refractivity contribution in [2.24, 2.45) is 11.8 Å². The van der Waals surface area contributed by atoms with E-state index in [-0.39, 0.29) is 5.92 Å². The fraction of sp³-hybridized carbons (Fsp3) is 0.579. The van der Waals surface area contributed by atoms with Crippen LogP contribution in [0.15, 0.2) is 24.3 Å². The molecule has 1 amide bonds. The molecule has 1 aromatic heterocycles. The minimum atomic E-state index is 0.285. The Bertz CT molecular complexity index is 666. The minimum Gasteiger partial charge on any atom is -0.356 e. The van der Waals surface area contributed by atoms with Crippen LogP contribution >= 0.6 is 11.3 Å². The van der Waals surface area contributed by atoms with Crippen LogP contribution < -0.4 is 10.2 Å². The molecule has 0 unspecified atom stereocenters. The number of fused-ring (bicyclic) bond motifs is 1. The summed E-state index contributed by atoms with van der Waals surface area (Å²) < 4.78 is 1.26. The molecule has 4 nitrogen and oxygen atoms in total. The van der Waals surface area contributed by atoms with Gasteiger partial charge in [0, 0.05) is 25.6 Å². The number of amides is 1. The number of benzene rings is 1. The molecule has 1 saturated carbocycles. The third-order valence-electron chi connectivity index (χ3n) is 5.46. The first-order valence-corrected chi connectivity index (χ1v) is 9.99. The highest BCUT2D eigenvalue weighted by atomic mass is 32.1. The standard InChI is InChI=1S/C19H25N3OS/c23-18(15-5-1-2-6-15)20-13-14-9-11-22(12-10-14)19-21-16-7-3-4-8-17(16)24-19/h3-4,7-8,14-15H,1-2,5-6,9-13H2,(H,20,23). The van der Waals surface area contributed by atoms with Gasteiger partial charge in [0.1, 0.15) is 0 Å². The average molecular weight is 343 g/mol. The number of carbonyl (C=O) groups excluding carboxylic acids is 1. The average Bonchev–Trinajstić information content (AvgIpc) is 3.29. The van der Waals surface area contributed by atoms with Gasteiger partial charge in [-0.3, -0.25) is 4.79 Å². The monoisotopic (exact) mass is 343 g/mol. The van der Waals surface area contributed by atoms with Crippen molar-refractivity contribution in [2.45, 2.75) is 38.5 Å². The molecule has 1 aromatic carbocycles. The van der Waals surface area contributed by atoms with Crippen LogP contribution in [0.1, 0.15) is 38.5 Å². The van der Waals surface area contributed by atoms with E-state index in [1.54, 1.807) is 11.3 Å². The zero-order chi connectivity index (χ0) is 16.4. The van der Waals surface area contributed by atoms with Crippen molar-refractivity contribution in [1.29, 1.82) is 0 Å². The number of hydrogen-bond donors (Lipinski definition) is 1. The van der Waals surface area contributed by atoms with E-state index in [0.29, 0.717) is 11.8 Å². The Balaban J connectivity index is 1.27. The molecule has 128 valence electrons. The summed E-state index contributed by atoms with van der Waals surface area (Å²) in [5.74, 6) is 1.19. The molecule has 2 fully saturated rings. The van der Waals surface area contributed by atoms with Crippen molar-refractivity contribution >= 4 is 32.6 Å². The van der Waals surface area contributed by atoms with Crippen molar-refractivity contribution in [3.05, 3.63) is 24.3 Å². The topological polar surface area (TPSA) is 45.2 Å². The van der Waals surface area contributed by atoms with Gasteiger partial charge in [-0.15, -0.1) is 0 Å². The van der Waals surface area contributed by atoms with E-state index in [9.17, 15) is 4.79 Å². The van der Waals surface area contributed by atoms with E-state index >= 15 is 0 Å². The summed E-state index contributed by atoms with van der Waals surface area (Å²) in [4.78, 5) is 19.3. The van der Waals surface area contributed by atoms with E-state index in [0.717, 1.165) is 56.0 Å². The third-order valence-corrected chi connectivity index (χ3v) is 6.56. The van der Waals surface area contributed by atoms with Gasteiger partial charge in [-0.05, 0) is 43.7 Å². The van der Waals surface area contributed by atoms with E-state index < -0.39 is 0 Å². The van der Waals surface area contributed by atoms with Crippen LogP contribution in [0, 0.1) is 11.8 Å². The second kappa shape index (κ2) is 7.09. The molecule has 1 aliphatic carbocycles. The molecule has 0 spiro atoms. The minimum absolute atomic E-state index is 0.285. The summed E-state index contributed by atoms with van der Waals surface area (Å²) in [6.07, 6.45) is 6.89. The van der Waals surface area contributed by atoms with Crippen molar-refractivity contribution in [3.63, 3.8) is 0 Å². The number of para-hydroxylation sites is 1. The van der Waals surface area contributed by atoms with Crippen molar-refractivity contribution in [2.75, 3.05) is 24.5 Å². The summed E-state index contributed by atoms with van der Waals surface area (Å²) in [6.45, 7) is 2.94. The Morgan fingerprint density at radius 2 is 1.92 bits per heavy atom. The van der Waals surface area contributed by atoms with Crippen LogP contribution in [-0.4, -0.2) is 30.5 Å². The van der Waals surface area contributed by atoms with Gasteiger partial charge in [-0.2, -0.15) is 0 Å². The Morgan fingerprint density at radius 1 is 1.17 bits per heavy atom. The molecule has 4 rings (SSSR count). The predicted molar refractivity (Wildman–Crippen MR) is 99.5 cm³/mol. The van der Waals surface area contributed by atoms with Crippen LogP contribution in [0.2, 0.25) is 0 Å². The van der Waals surface area contributed by atoms with E-state index in [4.69, 9.17) is 4.98 Å². The lowest BCUT2D eigenvalue weighted by molar-refractivity contribution is -0.125. The molecule has 2 aliphatic rings. The van der Waals surface area contributed by atoms with Gasteiger partial charge < -0.3 is 10.2 Å². The highest BCUT2D eigenvalue weighted by molar-refractivity contribution is 7.22. The number of aromatic nitrogens is 1. The highest BCUT2D eigenvalue weighted by Crippen LogP contribution is 2.31. The molecule has 1 aliphatic heterocycles. The Hall–Kier alpha value is -1.62. The molecule has 2 aromatic rings. The predicted octanol–water partition coefficient (Wildman–Crippen LogP) is 3.82. The summed E-state index contributed by atoms with van der Waals surface area (Å²) in [5, 5.41) is 4.34. The first-order valence-electron chi connectivity index (χ1n) is 9.18. The van der Waals surface area contributed by atoms with Crippen molar-refractivity contribution < 1.29 is 4.79 Å². The molecule has 2 heterocycles. The van der Waals surface area contributed by atoms with E-state index in [1.807, 2.05) is 6.07 Å². The summed E-state index contributed by atoms with van der Waals surface area (Å²) in [5.41, 5.74) is 1.10. The van der Waals surface area contributed by atoms with Gasteiger partial charge in [0.15, 0.2) is 5.13 Å². The normalized spacial score (nSPS) is 19.9. The smallest absolute Gasteiger partial charge is 0.223 e. The number of nitrogens with zero attached hydrogens (tertiary/aromatic N) is 2. The summed E-state index contributed by atoms with van der Waals surface area (Å²) in [7, 11) is 0. The molecule has 24 heavy (non-hydrogen) atoms. The van der Waals surface area contributed by atoms with Gasteiger partial charge in [-0.1, -0.05) is 36.3 Å². The molecule has 5 heteroatoms. The van der Waals surface area contributed by atoms with Crippen molar-refractivity contribution in [3.8, 4) is 0 Å². The Kier molecular flexibility index (Phi) is 4.69. The van der Waals surface area contributed by atoms with Crippen LogP contribution in [0.3, 0.4) is 0 Å². The van der Waals surface area contributed by atoms with Gasteiger partial charge in [-0.25, -0.2) is 4.98 Å². The van der Waals surface area contributed by atoms with E-state index in [1.165, 1.54) is 17.5 Å². The fourth-order valence-electron chi connectivity index (χ4n) is 3.90. The summed E-state index contributed by atoms with van der Waals surface area (Å²) in [6, 6.07) is 8.34. The number of carbonyl (C=O) groups is 1. The lowest BCUT2D eigenvalue weighted by atomic mass is 9.96. The Labute approximate surface area is 147 Å². The maximum Gasteiger partial charge on any atom is 0.223 e. The maximum absolute atomic E-state index is 12.1. The summed E-state index contributed by atoms with van der Waals surface area (Å²) >= 11 is 1.79. The molecule has 0 atom stereocenters. The van der Waals surface area contributed by atoms with Crippen LogP contribution in [0.5, 0.6) is 0 Å². The SMILES string of the molecule is O=C(NCC1CCN(c2nc3ccccc3s2)CC1)C1CCCC1. The molecule has 0 radical (unpaired) electrons. The van der Waals surface area contributed by atoms with E-state index in [2.05, 4.69) is 28.4 Å². The Morgan fingerprint density at radius 3 is 2.67 bits per heavy atom. The first kappa shape index (κ1) is 15.9. The van der Waals surface area contributed by atoms with Gasteiger partial charge in [0.05, 0.1) is 10.2 Å². The zero-order valence-corrected chi connectivity index (χ0v) is 14.9. The van der Waals surface area contributed by atoms with Crippen molar-refractivity contribution in [1.82, 2.24) is 10.3 Å². The van der Waals surface area contributed by atoms with Gasteiger partial charge in [0.25, 0.3) is 0 Å². The number of hydrogen-bond acceptors (Lipinski definition) is 4.